The normalized spacial score (nSPS) is 14.6. The molecule has 1 aliphatic heterocycles. The molecule has 4 aromatic carbocycles. The van der Waals surface area contributed by atoms with Crippen LogP contribution in [0.1, 0.15) is 36.6 Å². The van der Waals surface area contributed by atoms with Gasteiger partial charge >= 0.3 is 5.97 Å². The molecule has 6 rings (SSSR count). The van der Waals surface area contributed by atoms with Crippen LogP contribution in [0.2, 0.25) is 0 Å². The third-order valence-corrected chi connectivity index (χ3v) is 8.65. The van der Waals surface area contributed by atoms with Crippen molar-refractivity contribution in [2.45, 2.75) is 26.5 Å². The summed E-state index contributed by atoms with van der Waals surface area (Å²) in [5.74, 6) is 1.18. The van der Waals surface area contributed by atoms with Gasteiger partial charge in [-0.2, -0.15) is 0 Å². The molecular formula is C36H32N2O6S. The minimum absolute atomic E-state index is 0.192. The van der Waals surface area contributed by atoms with Crippen LogP contribution in [0.3, 0.4) is 0 Å². The molecule has 0 N–H and O–H groups in total. The first-order valence-corrected chi connectivity index (χ1v) is 15.3. The van der Waals surface area contributed by atoms with E-state index in [1.807, 2.05) is 54.6 Å². The highest BCUT2D eigenvalue weighted by Crippen LogP contribution is 2.36. The number of rotatable bonds is 9. The van der Waals surface area contributed by atoms with Crippen molar-refractivity contribution in [3.8, 4) is 17.2 Å². The Labute approximate surface area is 264 Å². The first-order chi connectivity index (χ1) is 21.9. The molecule has 1 aromatic heterocycles. The van der Waals surface area contributed by atoms with Gasteiger partial charge in [0.1, 0.15) is 12.4 Å². The Kier molecular flexibility index (Phi) is 8.53. The second-order valence-electron chi connectivity index (χ2n) is 10.4. The second kappa shape index (κ2) is 12.8. The molecule has 9 heteroatoms. The predicted octanol–water partition coefficient (Wildman–Crippen LogP) is 5.55. The Morgan fingerprint density at radius 2 is 1.73 bits per heavy atom. The summed E-state index contributed by atoms with van der Waals surface area (Å²) in [6, 6.07) is 26.6. The molecule has 0 bridgehead atoms. The number of benzene rings is 4. The quantitative estimate of drug-likeness (QED) is 0.201. The van der Waals surface area contributed by atoms with E-state index in [1.54, 1.807) is 44.8 Å². The molecule has 0 saturated heterocycles. The van der Waals surface area contributed by atoms with Crippen molar-refractivity contribution in [2.75, 3.05) is 20.8 Å². The molecule has 0 spiro atoms. The van der Waals surface area contributed by atoms with Gasteiger partial charge in [-0.1, -0.05) is 72.0 Å². The van der Waals surface area contributed by atoms with Crippen LogP contribution in [0, 0.1) is 0 Å². The fourth-order valence-electron chi connectivity index (χ4n) is 5.55. The zero-order chi connectivity index (χ0) is 31.5. The number of allylic oxidation sites excluding steroid dienone is 1. The van der Waals surface area contributed by atoms with E-state index in [4.69, 9.17) is 18.9 Å². The molecular weight excluding hydrogens is 588 g/mol. The average Bonchev–Trinajstić information content (AvgIpc) is 3.36. The number of esters is 1. The van der Waals surface area contributed by atoms with Crippen LogP contribution in [0.4, 0.5) is 0 Å². The van der Waals surface area contributed by atoms with E-state index in [-0.39, 0.29) is 12.2 Å². The van der Waals surface area contributed by atoms with Crippen LogP contribution in [0.5, 0.6) is 17.2 Å². The molecule has 0 radical (unpaired) electrons. The van der Waals surface area contributed by atoms with Crippen LogP contribution in [-0.4, -0.2) is 31.4 Å². The van der Waals surface area contributed by atoms with E-state index in [9.17, 15) is 9.59 Å². The molecule has 1 atom stereocenters. The number of carbonyl (C=O) groups is 1. The highest BCUT2D eigenvalue weighted by atomic mass is 32.1. The predicted molar refractivity (Wildman–Crippen MR) is 175 cm³/mol. The maximum absolute atomic E-state index is 14.1. The molecule has 5 aromatic rings. The molecule has 0 aliphatic carbocycles. The maximum Gasteiger partial charge on any atom is 0.338 e. The van der Waals surface area contributed by atoms with Gasteiger partial charge in [-0.25, -0.2) is 9.79 Å². The van der Waals surface area contributed by atoms with Crippen LogP contribution >= 0.6 is 11.3 Å². The molecule has 0 saturated carbocycles. The van der Waals surface area contributed by atoms with E-state index in [2.05, 4.69) is 29.3 Å². The molecule has 228 valence electrons. The minimum atomic E-state index is -0.766. The highest BCUT2D eigenvalue weighted by molar-refractivity contribution is 7.07. The number of ether oxygens (including phenoxy) is 4. The average molecular weight is 621 g/mol. The zero-order valence-corrected chi connectivity index (χ0v) is 26.2. The van der Waals surface area contributed by atoms with Crippen molar-refractivity contribution in [1.29, 1.82) is 0 Å². The summed E-state index contributed by atoms with van der Waals surface area (Å²) in [5, 5.41) is 2.31. The van der Waals surface area contributed by atoms with E-state index < -0.39 is 12.0 Å². The van der Waals surface area contributed by atoms with Crippen molar-refractivity contribution in [2.24, 2.45) is 4.99 Å². The van der Waals surface area contributed by atoms with Gasteiger partial charge in [0.2, 0.25) is 0 Å². The molecule has 45 heavy (non-hydrogen) atoms. The van der Waals surface area contributed by atoms with E-state index in [0.29, 0.717) is 50.0 Å². The van der Waals surface area contributed by atoms with Crippen LogP contribution in [0.25, 0.3) is 16.8 Å². The first-order valence-electron chi connectivity index (χ1n) is 14.5. The Morgan fingerprint density at radius 3 is 2.53 bits per heavy atom. The van der Waals surface area contributed by atoms with Crippen molar-refractivity contribution in [3.63, 3.8) is 0 Å². The lowest BCUT2D eigenvalue weighted by molar-refractivity contribution is -0.139. The van der Waals surface area contributed by atoms with Crippen molar-refractivity contribution >= 4 is 34.2 Å². The lowest BCUT2D eigenvalue weighted by Crippen LogP contribution is -2.39. The van der Waals surface area contributed by atoms with Crippen LogP contribution in [-0.2, 0) is 16.1 Å². The lowest BCUT2D eigenvalue weighted by atomic mass is 9.95. The summed E-state index contributed by atoms with van der Waals surface area (Å²) < 4.78 is 24.6. The Hall–Kier alpha value is -5.15. The number of methoxy groups -OCH3 is 2. The fourth-order valence-corrected chi connectivity index (χ4v) is 6.60. The maximum atomic E-state index is 14.1. The number of thiazole rings is 1. The number of hydrogen-bond acceptors (Lipinski definition) is 8. The van der Waals surface area contributed by atoms with Gasteiger partial charge in [0.25, 0.3) is 5.56 Å². The standard InChI is InChI=1S/C36H32N2O6S/c1-5-43-35(40)32-22(2)37-36-38(33(32)25-16-17-29(41-3)30(20-25)42-4)34(39)31(45-36)19-23-10-8-14-27(18-23)44-21-26-13-9-12-24-11-6-7-15-28(24)26/h6-20,33H,5,21H2,1-4H3. The van der Waals surface area contributed by atoms with Gasteiger partial charge in [0.15, 0.2) is 16.3 Å². The minimum Gasteiger partial charge on any atom is -0.493 e. The summed E-state index contributed by atoms with van der Waals surface area (Å²) in [4.78, 5) is 32.4. The van der Waals surface area contributed by atoms with Gasteiger partial charge in [-0.15, -0.1) is 0 Å². The van der Waals surface area contributed by atoms with Crippen molar-refractivity contribution in [1.82, 2.24) is 4.57 Å². The number of carbonyl (C=O) groups excluding carboxylic acids is 1. The Morgan fingerprint density at radius 1 is 0.956 bits per heavy atom. The molecule has 1 unspecified atom stereocenters. The summed E-state index contributed by atoms with van der Waals surface area (Å²) in [5.41, 5.74) is 3.09. The molecule has 2 heterocycles. The third-order valence-electron chi connectivity index (χ3n) is 7.67. The highest BCUT2D eigenvalue weighted by Gasteiger charge is 2.34. The zero-order valence-electron chi connectivity index (χ0n) is 25.4. The van der Waals surface area contributed by atoms with Gasteiger partial charge in [-0.3, -0.25) is 9.36 Å². The Bertz CT molecular complexity index is 2120. The summed E-state index contributed by atoms with van der Waals surface area (Å²) >= 11 is 1.27. The number of hydrogen-bond donors (Lipinski definition) is 0. The summed E-state index contributed by atoms with van der Waals surface area (Å²) in [6.07, 6.45) is 1.82. The summed E-state index contributed by atoms with van der Waals surface area (Å²) in [7, 11) is 3.10. The van der Waals surface area contributed by atoms with Gasteiger partial charge < -0.3 is 18.9 Å². The van der Waals surface area contributed by atoms with Crippen molar-refractivity contribution < 1.29 is 23.7 Å². The Balaban J connectivity index is 1.39. The SMILES string of the molecule is CCOC(=O)C1=C(C)N=c2sc(=Cc3cccc(OCc4cccc5ccccc45)c3)c(=O)n2C1c1ccc(OC)c(OC)c1. The number of nitrogens with zero attached hydrogens (tertiary/aromatic N) is 2. The number of aromatic nitrogens is 1. The molecule has 1 aliphatic rings. The van der Waals surface area contributed by atoms with Gasteiger partial charge in [0, 0.05) is 0 Å². The molecule has 0 fully saturated rings. The topological polar surface area (TPSA) is 88.4 Å². The largest absolute Gasteiger partial charge is 0.493 e. The van der Waals surface area contributed by atoms with Gasteiger partial charge in [-0.05, 0) is 71.7 Å². The lowest BCUT2D eigenvalue weighted by Gasteiger charge is -2.25. The van der Waals surface area contributed by atoms with E-state index in [1.165, 1.54) is 11.3 Å². The summed E-state index contributed by atoms with van der Waals surface area (Å²) in [6.45, 7) is 4.11. The third kappa shape index (κ3) is 5.86. The first kappa shape index (κ1) is 29.9. The van der Waals surface area contributed by atoms with Crippen molar-refractivity contribution in [3.05, 3.63) is 133 Å². The van der Waals surface area contributed by atoms with E-state index >= 15 is 0 Å². The van der Waals surface area contributed by atoms with Gasteiger partial charge in [0.05, 0.1) is 42.7 Å². The fraction of sp³-hybridized carbons (Fsp3) is 0.194. The molecule has 0 amide bonds. The van der Waals surface area contributed by atoms with E-state index in [0.717, 1.165) is 21.9 Å². The second-order valence-corrected chi connectivity index (χ2v) is 11.4. The van der Waals surface area contributed by atoms with Crippen LogP contribution < -0.4 is 29.1 Å². The molecule has 8 nitrogen and oxygen atoms in total. The smallest absolute Gasteiger partial charge is 0.338 e. The van der Waals surface area contributed by atoms with Crippen LogP contribution in [0.15, 0.2) is 106 Å². The monoisotopic (exact) mass is 620 g/mol. The number of fused-ring (bicyclic) bond motifs is 2.